The van der Waals surface area contributed by atoms with E-state index in [9.17, 15) is 18.0 Å². The highest BCUT2D eigenvalue weighted by Gasteiger charge is 2.33. The number of benzene rings is 2. The first-order valence-electron chi connectivity index (χ1n) is 10.4. The number of amides is 1. The average molecular weight is 460 g/mol. The van der Waals surface area contributed by atoms with Gasteiger partial charge in [-0.2, -0.15) is 4.52 Å². The van der Waals surface area contributed by atoms with Gasteiger partial charge in [0.15, 0.2) is 11.5 Å². The van der Waals surface area contributed by atoms with Crippen LogP contribution in [0.1, 0.15) is 22.1 Å². The highest BCUT2D eigenvalue weighted by atomic mass is 19.4. The fraction of sp³-hybridized carbons (Fsp3) is 0.273. The predicted molar refractivity (Wildman–Crippen MR) is 119 cm³/mol. The minimum atomic E-state index is -4.86. The molecule has 0 bridgehead atoms. The molecule has 1 aliphatic rings. The Kier molecular flexibility index (Phi) is 5.23. The van der Waals surface area contributed by atoms with Crippen molar-refractivity contribution in [1.29, 1.82) is 0 Å². The number of hydrogen-bond donors (Lipinski definition) is 2. The molecular formula is C22H23F3N6O2. The van der Waals surface area contributed by atoms with E-state index < -0.39 is 18.2 Å². The van der Waals surface area contributed by atoms with Crippen molar-refractivity contribution in [1.82, 2.24) is 24.9 Å². The van der Waals surface area contributed by atoms with Crippen LogP contribution in [0.3, 0.4) is 0 Å². The van der Waals surface area contributed by atoms with Gasteiger partial charge in [-0.3, -0.25) is 4.79 Å². The summed E-state index contributed by atoms with van der Waals surface area (Å²) in [5, 5.41) is 11.1. The minimum Gasteiger partial charge on any atom is -0.405 e. The molecule has 0 unspecified atom stereocenters. The van der Waals surface area contributed by atoms with Crippen LogP contribution in [0.25, 0.3) is 27.9 Å². The Morgan fingerprint density at radius 1 is 1.09 bits per heavy atom. The first-order chi connectivity index (χ1) is 15.9. The molecule has 1 fully saturated rings. The summed E-state index contributed by atoms with van der Waals surface area (Å²) < 4.78 is 44.3. The van der Waals surface area contributed by atoms with E-state index in [2.05, 4.69) is 30.4 Å². The third-order valence-corrected chi connectivity index (χ3v) is 5.37. The third kappa shape index (κ3) is 4.26. The Balaban J connectivity index is 0.00000171. The van der Waals surface area contributed by atoms with E-state index in [4.69, 9.17) is 0 Å². The maximum atomic E-state index is 12.9. The maximum Gasteiger partial charge on any atom is 0.573 e. The lowest BCUT2D eigenvalue weighted by Gasteiger charge is -2.16. The second kappa shape index (κ2) is 8.23. The normalized spacial score (nSPS) is 17.1. The monoisotopic (exact) mass is 460 g/mol. The van der Waals surface area contributed by atoms with Gasteiger partial charge in [-0.05, 0) is 43.5 Å². The zero-order valence-corrected chi connectivity index (χ0v) is 17.3. The van der Waals surface area contributed by atoms with Crippen LogP contribution in [0.4, 0.5) is 19.1 Å². The lowest BCUT2D eigenvalue weighted by atomic mass is 10.1. The Morgan fingerprint density at radius 3 is 2.73 bits per heavy atom. The fourth-order valence-electron chi connectivity index (χ4n) is 3.86. The first kappa shape index (κ1) is 21.0. The largest absolute Gasteiger partial charge is 0.573 e. The Morgan fingerprint density at radius 2 is 1.88 bits per heavy atom. The number of ether oxygens (including phenoxy) is 1. The summed E-state index contributed by atoms with van der Waals surface area (Å²) in [5.41, 5.74) is 1.09. The van der Waals surface area contributed by atoms with E-state index in [1.54, 1.807) is 18.2 Å². The van der Waals surface area contributed by atoms with E-state index in [1.807, 2.05) is 12.1 Å². The zero-order chi connectivity index (χ0) is 23.0. The molecule has 1 amide bonds. The van der Waals surface area contributed by atoms with Crippen molar-refractivity contribution in [3.63, 3.8) is 0 Å². The van der Waals surface area contributed by atoms with Crippen molar-refractivity contribution in [2.75, 3.05) is 11.9 Å². The molecule has 2 aromatic heterocycles. The van der Waals surface area contributed by atoms with Crippen LogP contribution in [-0.2, 0) is 4.79 Å². The number of fused-ring (bicyclic) bond motifs is 3. The van der Waals surface area contributed by atoms with Gasteiger partial charge in [0.2, 0.25) is 11.9 Å². The van der Waals surface area contributed by atoms with Crippen molar-refractivity contribution in [2.24, 2.45) is 0 Å². The molecule has 1 atom stereocenters. The van der Waals surface area contributed by atoms with Crippen molar-refractivity contribution in [2.45, 2.75) is 31.7 Å². The number of aromatic nitrogens is 4. The molecule has 5 rings (SSSR count). The van der Waals surface area contributed by atoms with Crippen molar-refractivity contribution in [3.05, 3.63) is 48.5 Å². The Bertz CT molecular complexity index is 1350. The summed E-state index contributed by atoms with van der Waals surface area (Å²) in [4.78, 5) is 21.6. The number of anilines is 1. The molecular weight excluding hydrogens is 437 g/mol. The first-order valence-corrected chi connectivity index (χ1v) is 10.4. The molecule has 8 nitrogen and oxygen atoms in total. The molecule has 0 saturated carbocycles. The molecule has 2 N–H and O–H groups in total. The Labute approximate surface area is 188 Å². The number of nitrogens with one attached hydrogen (secondary N) is 2. The molecule has 11 heteroatoms. The number of nitrogens with zero attached hydrogens (tertiary/aromatic N) is 4. The summed E-state index contributed by atoms with van der Waals surface area (Å²) in [6.07, 6.45) is -2.50. The summed E-state index contributed by atoms with van der Waals surface area (Å²) >= 11 is 0. The molecule has 174 valence electrons. The molecule has 0 spiro atoms. The van der Waals surface area contributed by atoms with Crippen LogP contribution >= 0.6 is 0 Å². The number of halogens is 3. The number of carbonyl (C=O) groups excluding carboxylic acids is 1. The van der Waals surface area contributed by atoms with E-state index in [0.717, 1.165) is 12.8 Å². The lowest BCUT2D eigenvalue weighted by molar-refractivity contribution is -0.274. The third-order valence-electron chi connectivity index (χ3n) is 5.37. The van der Waals surface area contributed by atoms with E-state index in [-0.39, 0.29) is 26.1 Å². The smallest absolute Gasteiger partial charge is 0.405 e. The number of hydrogen-bond acceptors (Lipinski definition) is 6. The fourth-order valence-corrected chi connectivity index (χ4v) is 3.86. The average Bonchev–Trinajstić information content (AvgIpc) is 3.13. The molecule has 0 radical (unpaired) electrons. The van der Waals surface area contributed by atoms with Crippen molar-refractivity contribution < 1.29 is 25.6 Å². The highest BCUT2D eigenvalue weighted by Crippen LogP contribution is 2.33. The summed E-state index contributed by atoms with van der Waals surface area (Å²) in [7, 11) is 0. The zero-order valence-electron chi connectivity index (χ0n) is 17.3. The topological polar surface area (TPSA) is 93.4 Å². The van der Waals surface area contributed by atoms with Gasteiger partial charge in [0, 0.05) is 14.8 Å². The molecule has 2 aromatic carbocycles. The van der Waals surface area contributed by atoms with Gasteiger partial charge in [0.25, 0.3) is 0 Å². The van der Waals surface area contributed by atoms with Gasteiger partial charge in [-0.15, -0.1) is 18.3 Å². The quantitative estimate of drug-likeness (QED) is 0.469. The van der Waals surface area contributed by atoms with Gasteiger partial charge < -0.3 is 15.4 Å². The Hall–Kier alpha value is -3.89. The van der Waals surface area contributed by atoms with E-state index in [0.29, 0.717) is 29.5 Å². The molecule has 3 heterocycles. The van der Waals surface area contributed by atoms with E-state index >= 15 is 0 Å². The molecule has 0 aliphatic carbocycles. The number of rotatable bonds is 4. The minimum absolute atomic E-state index is 0. The second-order valence-corrected chi connectivity index (χ2v) is 7.65. The van der Waals surface area contributed by atoms with Crippen LogP contribution in [0.15, 0.2) is 48.5 Å². The van der Waals surface area contributed by atoms with Gasteiger partial charge in [-0.1, -0.05) is 24.3 Å². The van der Waals surface area contributed by atoms with Crippen LogP contribution in [0, 0.1) is 0 Å². The van der Waals surface area contributed by atoms with Crippen LogP contribution in [0.2, 0.25) is 0 Å². The van der Waals surface area contributed by atoms with Gasteiger partial charge in [0.05, 0.1) is 11.1 Å². The molecule has 4 aromatic rings. The number of carbonyl (C=O) groups is 1. The second-order valence-electron chi connectivity index (χ2n) is 7.65. The van der Waals surface area contributed by atoms with Gasteiger partial charge in [0.1, 0.15) is 11.8 Å². The molecule has 33 heavy (non-hydrogen) atoms. The van der Waals surface area contributed by atoms with E-state index in [1.165, 1.54) is 22.7 Å². The predicted octanol–water partition coefficient (Wildman–Crippen LogP) is 4.42. The van der Waals surface area contributed by atoms with Gasteiger partial charge in [-0.25, -0.2) is 9.97 Å². The van der Waals surface area contributed by atoms with Crippen LogP contribution in [0.5, 0.6) is 5.75 Å². The van der Waals surface area contributed by atoms with Crippen LogP contribution in [-0.4, -0.2) is 44.4 Å². The number of alkyl halides is 3. The molecule has 1 saturated heterocycles. The van der Waals surface area contributed by atoms with Crippen molar-refractivity contribution in [3.8, 4) is 17.1 Å². The summed E-state index contributed by atoms with van der Waals surface area (Å²) in [5.74, 6) is -0.226. The van der Waals surface area contributed by atoms with Crippen molar-refractivity contribution >= 4 is 28.4 Å². The van der Waals surface area contributed by atoms with Crippen LogP contribution < -0.4 is 15.4 Å². The standard InChI is InChI=1S/C22H19F3N6O2.2H2/c23-22(24,25)33-17-11-4-2-8-14(17)18-29-19-13-7-1-3-9-15(13)27-21(31(19)30-18)28-16-10-5-6-12-26-20(16)32;;/h1-4,7-9,11,16H,5-6,10,12H2,(H,26,32)(H,27,28);2*1H/t16-;;/m1../s1. The van der Waals surface area contributed by atoms with Gasteiger partial charge >= 0.3 is 6.36 Å². The number of para-hydroxylation sites is 2. The maximum absolute atomic E-state index is 12.9. The summed E-state index contributed by atoms with van der Waals surface area (Å²) in [6.45, 7) is 0.612. The summed E-state index contributed by atoms with van der Waals surface area (Å²) in [6, 6.07) is 12.4. The lowest BCUT2D eigenvalue weighted by Crippen LogP contribution is -2.38. The molecule has 1 aliphatic heterocycles. The SMILES string of the molecule is O=C1NCCCC[C@H]1Nc1nc2ccccc2c2nc(-c3ccccc3OC(F)(F)F)nn12.[HH].[HH]. The highest BCUT2D eigenvalue weighted by molar-refractivity contribution is 5.93.